The minimum atomic E-state index is -0.575. The van der Waals surface area contributed by atoms with Crippen molar-refractivity contribution in [3.05, 3.63) is 131 Å². The van der Waals surface area contributed by atoms with Gasteiger partial charge in [-0.15, -0.1) is 0 Å². The van der Waals surface area contributed by atoms with E-state index >= 15 is 0 Å². The van der Waals surface area contributed by atoms with Crippen molar-refractivity contribution in [1.29, 1.82) is 0 Å². The summed E-state index contributed by atoms with van der Waals surface area (Å²) in [4.78, 5) is 33.4. The van der Waals surface area contributed by atoms with Crippen molar-refractivity contribution in [3.63, 3.8) is 0 Å². The molecule has 0 spiro atoms. The van der Waals surface area contributed by atoms with Crippen molar-refractivity contribution in [2.24, 2.45) is 0 Å². The fraction of sp³-hybridized carbons (Fsp3) is 0.114. The van der Waals surface area contributed by atoms with Gasteiger partial charge in [-0.25, -0.2) is 18.7 Å². The highest BCUT2D eigenvalue weighted by Crippen LogP contribution is 2.31. The van der Waals surface area contributed by atoms with Gasteiger partial charge in [-0.05, 0) is 76.2 Å². The Labute approximate surface area is 297 Å². The minimum absolute atomic E-state index is 0.119. The topological polar surface area (TPSA) is 148 Å². The Morgan fingerprint density at radius 3 is 1.64 bits per heavy atom. The van der Waals surface area contributed by atoms with E-state index in [1.807, 2.05) is 0 Å². The second-order valence-electron chi connectivity index (χ2n) is 11.4. The largest absolute Gasteiger partial charge is 0.397 e. The second kappa shape index (κ2) is 13.2. The van der Waals surface area contributed by atoms with E-state index in [0.29, 0.717) is 45.0 Å². The van der Waals surface area contributed by atoms with Gasteiger partial charge in [0.05, 0.1) is 60.5 Å². The lowest BCUT2D eigenvalue weighted by Crippen LogP contribution is -2.14. The molecule has 5 heterocycles. The number of halogens is 5. The molecule has 0 radical (unpaired) electrons. The maximum absolute atomic E-state index is 14.7. The first-order chi connectivity index (χ1) is 23.7. The van der Waals surface area contributed by atoms with Gasteiger partial charge >= 0.3 is 0 Å². The zero-order valence-electron chi connectivity index (χ0n) is 26.8. The molecule has 0 atom stereocenters. The Kier molecular flexibility index (Phi) is 9.12. The van der Waals surface area contributed by atoms with Crippen LogP contribution in [0.5, 0.6) is 0 Å². The van der Waals surface area contributed by atoms with Crippen LogP contribution in [0.2, 0.25) is 15.2 Å². The van der Waals surface area contributed by atoms with Gasteiger partial charge in [0.2, 0.25) is 0 Å². The average molecular weight is 737 g/mol. The van der Waals surface area contributed by atoms with Crippen molar-refractivity contribution >= 4 is 68.2 Å². The lowest BCUT2D eigenvalue weighted by Gasteiger charge is -2.16. The first-order valence-corrected chi connectivity index (χ1v) is 15.9. The normalized spacial score (nSPS) is 11.2. The lowest BCUT2D eigenvalue weighted by molar-refractivity contribution is 0.393. The average Bonchev–Trinajstić information content (AvgIpc) is 3.39. The smallest absolute Gasteiger partial charge is 0.191 e. The first-order valence-electron chi connectivity index (χ1n) is 14.8. The molecule has 254 valence electrons. The molecule has 7 aromatic rings. The summed E-state index contributed by atoms with van der Waals surface area (Å²) in [7, 11) is 0. The highest BCUT2D eigenvalue weighted by atomic mass is 35.5. The standard InChI is InChI=1S/C20H16ClFN4O2.C15H10Cl2FN3O/c1-9-6-18(27)12-4-5-16(19-10(2)25-28-11(19)3)24-20(12)26(9)17-8-15(23)13(21)7-14(17)22;1-7-4-13(22)8-2-3-14(17)20-15(8)21(7)12-6-11(19)9(16)5-10(12)18/h4-8H,23H2,1-3H3;2-6H,19H2,1H3. The molecule has 4 N–H and O–H groups in total. The van der Waals surface area contributed by atoms with E-state index in [4.69, 9.17) is 50.8 Å². The zero-order chi connectivity index (χ0) is 36.2. The number of anilines is 2. The van der Waals surface area contributed by atoms with Crippen LogP contribution >= 0.6 is 34.8 Å². The van der Waals surface area contributed by atoms with Crippen LogP contribution in [0.25, 0.3) is 44.7 Å². The van der Waals surface area contributed by atoms with E-state index in [9.17, 15) is 18.4 Å². The molecule has 0 saturated heterocycles. The van der Waals surface area contributed by atoms with Gasteiger partial charge in [0.15, 0.2) is 10.9 Å². The summed E-state index contributed by atoms with van der Waals surface area (Å²) in [6.07, 6.45) is 0. The third-order valence-corrected chi connectivity index (χ3v) is 8.82. The molecule has 0 saturated carbocycles. The number of hydrogen-bond acceptors (Lipinski definition) is 8. The van der Waals surface area contributed by atoms with Gasteiger partial charge < -0.3 is 16.0 Å². The molecular formula is C35H26Cl3F2N7O3. The van der Waals surface area contributed by atoms with Crippen LogP contribution in [0.3, 0.4) is 0 Å². The molecule has 5 aromatic heterocycles. The van der Waals surface area contributed by atoms with E-state index in [1.165, 1.54) is 34.9 Å². The monoisotopic (exact) mass is 735 g/mol. The van der Waals surface area contributed by atoms with Crippen LogP contribution in [0.15, 0.2) is 74.8 Å². The van der Waals surface area contributed by atoms with Crippen LogP contribution in [0.4, 0.5) is 20.2 Å². The molecule has 15 heteroatoms. The summed E-state index contributed by atoms with van der Waals surface area (Å²) in [6.45, 7) is 6.97. The van der Waals surface area contributed by atoms with Crippen molar-refractivity contribution < 1.29 is 13.3 Å². The highest BCUT2D eigenvalue weighted by molar-refractivity contribution is 6.33. The number of nitrogens with two attached hydrogens (primary N) is 2. The van der Waals surface area contributed by atoms with Gasteiger partial charge in [0.1, 0.15) is 33.8 Å². The quantitative estimate of drug-likeness (QED) is 0.137. The molecule has 0 amide bonds. The second-order valence-corrected chi connectivity index (χ2v) is 12.6. The van der Waals surface area contributed by atoms with E-state index < -0.39 is 11.6 Å². The van der Waals surface area contributed by atoms with Crippen molar-refractivity contribution in [1.82, 2.24) is 24.3 Å². The number of pyridine rings is 4. The summed E-state index contributed by atoms with van der Waals surface area (Å²) in [5.41, 5.74) is 15.6. The van der Waals surface area contributed by atoms with Gasteiger partial charge in [-0.1, -0.05) is 40.0 Å². The zero-order valence-corrected chi connectivity index (χ0v) is 29.0. The number of nitrogen functional groups attached to an aromatic ring is 2. The highest BCUT2D eigenvalue weighted by Gasteiger charge is 2.19. The van der Waals surface area contributed by atoms with Crippen LogP contribution in [0, 0.1) is 39.3 Å². The van der Waals surface area contributed by atoms with Gasteiger partial charge in [0.25, 0.3) is 0 Å². The van der Waals surface area contributed by atoms with Crippen LogP contribution in [0.1, 0.15) is 22.8 Å². The maximum atomic E-state index is 14.7. The molecule has 0 aliphatic rings. The Morgan fingerprint density at radius 1 is 0.680 bits per heavy atom. The Bertz CT molecular complexity index is 2620. The molecule has 0 aliphatic heterocycles. The van der Waals surface area contributed by atoms with Gasteiger partial charge in [0, 0.05) is 23.5 Å². The molecule has 0 aliphatic carbocycles. The van der Waals surface area contributed by atoms with Crippen molar-refractivity contribution in [2.75, 3.05) is 11.5 Å². The molecule has 0 unspecified atom stereocenters. The molecule has 0 fully saturated rings. The number of benzene rings is 2. The van der Waals surface area contributed by atoms with Gasteiger partial charge in [-0.3, -0.25) is 18.7 Å². The third-order valence-electron chi connectivity index (χ3n) is 7.96. The Balaban J connectivity index is 0.000000178. The summed E-state index contributed by atoms with van der Waals surface area (Å²) in [5, 5.41) is 5.08. The number of aryl methyl sites for hydroxylation is 4. The third kappa shape index (κ3) is 6.17. The van der Waals surface area contributed by atoms with Crippen molar-refractivity contribution in [3.8, 4) is 22.6 Å². The molecular weight excluding hydrogens is 711 g/mol. The number of hydrogen-bond donors (Lipinski definition) is 2. The maximum Gasteiger partial charge on any atom is 0.191 e. The molecule has 0 bridgehead atoms. The fourth-order valence-electron chi connectivity index (χ4n) is 5.64. The SMILES string of the molecule is Cc1cc(=O)c2ccc(Cl)nc2n1-c1cc(N)c(Cl)cc1F.Cc1noc(C)c1-c1ccc2c(=O)cc(C)n(-c3cc(N)c(Cl)cc3F)c2n1. The van der Waals surface area contributed by atoms with E-state index in [2.05, 4.69) is 15.1 Å². The predicted molar refractivity (Wildman–Crippen MR) is 193 cm³/mol. The van der Waals surface area contributed by atoms with E-state index in [1.54, 1.807) is 50.5 Å². The molecule has 7 rings (SSSR count). The van der Waals surface area contributed by atoms with Crippen LogP contribution < -0.4 is 22.3 Å². The molecule has 2 aromatic carbocycles. The summed E-state index contributed by atoms with van der Waals surface area (Å²) in [5.74, 6) is -0.543. The number of nitrogens with zero attached hydrogens (tertiary/aromatic N) is 5. The summed E-state index contributed by atoms with van der Waals surface area (Å²) >= 11 is 17.7. The first kappa shape index (κ1) is 34.6. The minimum Gasteiger partial charge on any atom is -0.397 e. The van der Waals surface area contributed by atoms with Crippen LogP contribution in [-0.4, -0.2) is 24.3 Å². The van der Waals surface area contributed by atoms with E-state index in [0.717, 1.165) is 17.7 Å². The Morgan fingerprint density at radius 2 is 1.16 bits per heavy atom. The number of rotatable bonds is 3. The lowest BCUT2D eigenvalue weighted by atomic mass is 10.1. The fourth-order valence-corrected chi connectivity index (χ4v) is 6.09. The number of aromatic nitrogens is 5. The molecule has 10 nitrogen and oxygen atoms in total. The molecule has 50 heavy (non-hydrogen) atoms. The van der Waals surface area contributed by atoms with Crippen LogP contribution in [-0.2, 0) is 0 Å². The number of fused-ring (bicyclic) bond motifs is 2. The van der Waals surface area contributed by atoms with Gasteiger partial charge in [-0.2, -0.15) is 0 Å². The Hall–Kier alpha value is -5.30. The summed E-state index contributed by atoms with van der Waals surface area (Å²) < 4.78 is 37.3. The summed E-state index contributed by atoms with van der Waals surface area (Å²) in [6, 6.07) is 14.4. The van der Waals surface area contributed by atoms with E-state index in [-0.39, 0.29) is 54.5 Å². The van der Waals surface area contributed by atoms with Crippen molar-refractivity contribution in [2.45, 2.75) is 27.7 Å². The predicted octanol–water partition coefficient (Wildman–Crippen LogP) is 8.06.